The SMILES string of the molecule is C=C1C=C(c2oc3c(C(C)Nc4cccnc4-c4ccccc4F)cc(C)cc3c(=O)c2C)C=CC1=N.CN. The van der Waals surface area contributed by atoms with Crippen molar-refractivity contribution in [3.8, 4) is 11.3 Å². The lowest BCUT2D eigenvalue weighted by Gasteiger charge is -2.21. The van der Waals surface area contributed by atoms with Crippen molar-refractivity contribution < 1.29 is 8.81 Å². The first-order valence-corrected chi connectivity index (χ1v) is 12.5. The lowest BCUT2D eigenvalue weighted by molar-refractivity contribution is 0.574. The van der Waals surface area contributed by atoms with Gasteiger partial charge in [0.05, 0.1) is 28.5 Å². The molecular formula is C32H31FN4O2. The van der Waals surface area contributed by atoms with Crippen LogP contribution in [0.4, 0.5) is 10.1 Å². The number of nitrogens with zero attached hydrogens (tertiary/aromatic N) is 1. The van der Waals surface area contributed by atoms with E-state index in [1.54, 1.807) is 55.6 Å². The Morgan fingerprint density at radius 2 is 1.85 bits per heavy atom. The molecular weight excluding hydrogens is 491 g/mol. The van der Waals surface area contributed by atoms with Crippen LogP contribution in [0, 0.1) is 25.1 Å². The van der Waals surface area contributed by atoms with Gasteiger partial charge in [-0.25, -0.2) is 4.39 Å². The molecule has 2 heterocycles. The van der Waals surface area contributed by atoms with Gasteiger partial charge < -0.3 is 20.9 Å². The summed E-state index contributed by atoms with van der Waals surface area (Å²) in [4.78, 5) is 17.9. The summed E-state index contributed by atoms with van der Waals surface area (Å²) in [5, 5.41) is 11.9. The van der Waals surface area contributed by atoms with Gasteiger partial charge in [-0.05, 0) is 87.5 Å². The van der Waals surface area contributed by atoms with Crippen molar-refractivity contribution in [2.75, 3.05) is 12.4 Å². The highest BCUT2D eigenvalue weighted by molar-refractivity contribution is 6.12. The van der Waals surface area contributed by atoms with E-state index in [1.807, 2.05) is 32.0 Å². The highest BCUT2D eigenvalue weighted by Crippen LogP contribution is 2.34. The Balaban J connectivity index is 0.00000172. The molecule has 0 spiro atoms. The van der Waals surface area contributed by atoms with E-state index in [1.165, 1.54) is 13.1 Å². The van der Waals surface area contributed by atoms with Gasteiger partial charge in [-0.2, -0.15) is 0 Å². The molecule has 0 saturated heterocycles. The highest BCUT2D eigenvalue weighted by Gasteiger charge is 2.21. The summed E-state index contributed by atoms with van der Waals surface area (Å²) >= 11 is 0. The van der Waals surface area contributed by atoms with Gasteiger partial charge in [0, 0.05) is 28.5 Å². The van der Waals surface area contributed by atoms with E-state index in [9.17, 15) is 9.18 Å². The molecule has 0 saturated carbocycles. The summed E-state index contributed by atoms with van der Waals surface area (Å²) in [7, 11) is 1.50. The first-order chi connectivity index (χ1) is 18.7. The number of hydrogen-bond acceptors (Lipinski definition) is 6. The first-order valence-electron chi connectivity index (χ1n) is 12.5. The average molecular weight is 523 g/mol. The quantitative estimate of drug-likeness (QED) is 0.265. The molecule has 4 aromatic rings. The number of anilines is 1. The minimum absolute atomic E-state index is 0.109. The molecule has 2 aromatic heterocycles. The molecule has 39 heavy (non-hydrogen) atoms. The lowest BCUT2D eigenvalue weighted by Crippen LogP contribution is -2.14. The van der Waals surface area contributed by atoms with Crippen molar-refractivity contribution in [3.05, 3.63) is 124 Å². The molecule has 0 fully saturated rings. The van der Waals surface area contributed by atoms with Crippen LogP contribution < -0.4 is 16.5 Å². The molecule has 4 N–H and O–H groups in total. The van der Waals surface area contributed by atoms with E-state index in [4.69, 9.17) is 9.83 Å². The number of aryl methyl sites for hydroxylation is 1. The van der Waals surface area contributed by atoms with Crippen molar-refractivity contribution in [2.24, 2.45) is 5.73 Å². The third-order valence-electron chi connectivity index (χ3n) is 6.53. The maximum atomic E-state index is 14.6. The zero-order chi connectivity index (χ0) is 28.3. The number of hydrogen-bond donors (Lipinski definition) is 3. The number of nitrogens with one attached hydrogen (secondary N) is 2. The molecule has 1 atom stereocenters. The van der Waals surface area contributed by atoms with Crippen molar-refractivity contribution in [3.63, 3.8) is 0 Å². The number of nitrogens with two attached hydrogens (primary N) is 1. The van der Waals surface area contributed by atoms with Crippen LogP contribution in [0.25, 0.3) is 27.8 Å². The van der Waals surface area contributed by atoms with E-state index in [0.29, 0.717) is 56.1 Å². The van der Waals surface area contributed by atoms with Crippen LogP contribution in [0.5, 0.6) is 0 Å². The Bertz CT molecular complexity index is 1720. The minimum atomic E-state index is -0.354. The monoisotopic (exact) mass is 522 g/mol. The number of rotatable bonds is 5. The molecule has 1 unspecified atom stereocenters. The second kappa shape index (κ2) is 11.4. The predicted molar refractivity (Wildman–Crippen MR) is 158 cm³/mol. The minimum Gasteiger partial charge on any atom is -0.455 e. The maximum absolute atomic E-state index is 14.6. The van der Waals surface area contributed by atoms with Gasteiger partial charge in [-0.1, -0.05) is 24.8 Å². The Morgan fingerprint density at radius 3 is 2.56 bits per heavy atom. The van der Waals surface area contributed by atoms with Crippen LogP contribution in [0.3, 0.4) is 0 Å². The van der Waals surface area contributed by atoms with Crippen molar-refractivity contribution in [1.29, 1.82) is 5.41 Å². The van der Waals surface area contributed by atoms with Gasteiger partial charge in [0.15, 0.2) is 5.43 Å². The first kappa shape index (κ1) is 27.4. The molecule has 1 aliphatic rings. The van der Waals surface area contributed by atoms with E-state index in [-0.39, 0.29) is 17.3 Å². The number of pyridine rings is 1. The summed E-state index contributed by atoms with van der Waals surface area (Å²) in [6.45, 7) is 9.57. The Morgan fingerprint density at radius 1 is 1.10 bits per heavy atom. The Labute approximate surface area is 226 Å². The number of aromatic nitrogens is 1. The average Bonchev–Trinajstić information content (AvgIpc) is 2.94. The maximum Gasteiger partial charge on any atom is 0.196 e. The molecule has 0 radical (unpaired) electrons. The van der Waals surface area contributed by atoms with Gasteiger partial charge in [0.25, 0.3) is 0 Å². The van der Waals surface area contributed by atoms with Gasteiger partial charge in [0.2, 0.25) is 0 Å². The summed E-state index contributed by atoms with van der Waals surface area (Å²) in [6.07, 6.45) is 6.80. The summed E-state index contributed by atoms with van der Waals surface area (Å²) in [5.74, 6) is 0.0978. The van der Waals surface area contributed by atoms with E-state index < -0.39 is 0 Å². The van der Waals surface area contributed by atoms with Crippen LogP contribution in [0.1, 0.15) is 35.4 Å². The fourth-order valence-electron chi connectivity index (χ4n) is 4.60. The zero-order valence-electron chi connectivity index (χ0n) is 22.4. The zero-order valence-corrected chi connectivity index (χ0v) is 22.4. The largest absolute Gasteiger partial charge is 0.455 e. The molecule has 0 amide bonds. The van der Waals surface area contributed by atoms with Crippen LogP contribution in [-0.4, -0.2) is 17.7 Å². The number of benzene rings is 2. The molecule has 1 aliphatic carbocycles. The number of fused-ring (bicyclic) bond motifs is 1. The number of halogens is 1. The molecule has 0 aliphatic heterocycles. The molecule has 0 bridgehead atoms. The molecule has 6 nitrogen and oxygen atoms in total. The smallest absolute Gasteiger partial charge is 0.196 e. The summed E-state index contributed by atoms with van der Waals surface area (Å²) in [6, 6.07) is 13.7. The second-order valence-corrected chi connectivity index (χ2v) is 9.23. The van der Waals surface area contributed by atoms with Gasteiger partial charge in [0.1, 0.15) is 17.2 Å². The summed E-state index contributed by atoms with van der Waals surface area (Å²) < 4.78 is 21.0. The molecule has 5 rings (SSSR count). The van der Waals surface area contributed by atoms with E-state index in [2.05, 4.69) is 22.6 Å². The van der Waals surface area contributed by atoms with Crippen molar-refractivity contribution in [1.82, 2.24) is 4.98 Å². The van der Waals surface area contributed by atoms with Crippen LogP contribution >= 0.6 is 0 Å². The predicted octanol–water partition coefficient (Wildman–Crippen LogP) is 6.89. The van der Waals surface area contributed by atoms with Crippen LogP contribution in [0.2, 0.25) is 0 Å². The fraction of sp³-hybridized carbons (Fsp3) is 0.156. The van der Waals surface area contributed by atoms with Gasteiger partial charge in [-0.3, -0.25) is 9.78 Å². The number of allylic oxidation sites excluding steroid dienone is 5. The Hall–Kier alpha value is -4.62. The third kappa shape index (κ3) is 5.35. The van der Waals surface area contributed by atoms with Crippen LogP contribution in [0.15, 0.2) is 94.3 Å². The van der Waals surface area contributed by atoms with E-state index in [0.717, 1.165) is 11.1 Å². The van der Waals surface area contributed by atoms with Crippen molar-refractivity contribution >= 4 is 27.9 Å². The summed E-state index contributed by atoms with van der Waals surface area (Å²) in [5.41, 5.74) is 10.2. The molecule has 7 heteroatoms. The van der Waals surface area contributed by atoms with Crippen molar-refractivity contribution in [2.45, 2.75) is 26.8 Å². The molecule has 2 aromatic carbocycles. The van der Waals surface area contributed by atoms with Gasteiger partial charge in [-0.15, -0.1) is 0 Å². The Kier molecular flexibility index (Phi) is 8.02. The fourth-order valence-corrected chi connectivity index (χ4v) is 4.60. The normalized spacial score (nSPS) is 13.5. The molecule has 198 valence electrons. The standard InChI is InChI=1S/C31H26FN3O2.CH5N/c1-17-14-23(20(4)35-27-10-7-13-34-28(27)22-8-5-6-9-25(22)32)31-24(15-17)29(36)19(3)30(37-31)21-11-12-26(33)18(2)16-21;1-2/h5-16,20,33,35H,2H2,1,3-4H3;2H2,1H3. The van der Waals surface area contributed by atoms with E-state index >= 15 is 0 Å². The highest BCUT2D eigenvalue weighted by atomic mass is 19.1. The van der Waals surface area contributed by atoms with Crippen LogP contribution in [-0.2, 0) is 0 Å². The van der Waals surface area contributed by atoms with Gasteiger partial charge >= 0.3 is 0 Å². The topological polar surface area (TPSA) is 105 Å². The second-order valence-electron chi connectivity index (χ2n) is 9.23. The lowest BCUT2D eigenvalue weighted by atomic mass is 9.95. The third-order valence-corrected chi connectivity index (χ3v) is 6.53.